The lowest BCUT2D eigenvalue weighted by atomic mass is 9.94. The van der Waals surface area contributed by atoms with Crippen LogP contribution in [0.15, 0.2) is 66.2 Å². The van der Waals surface area contributed by atoms with Crippen molar-refractivity contribution in [3.8, 4) is 17.2 Å². The Morgan fingerprint density at radius 3 is 2.19 bits per heavy atom. The van der Waals surface area contributed by atoms with Crippen LogP contribution < -0.4 is 14.2 Å². The molecule has 3 aromatic rings. The monoisotopic (exact) mass is 487 g/mol. The van der Waals surface area contributed by atoms with Crippen LogP contribution in [0.1, 0.15) is 33.9 Å². The summed E-state index contributed by atoms with van der Waals surface area (Å²) in [6.07, 6.45) is 0. The number of benzene rings is 3. The summed E-state index contributed by atoms with van der Waals surface area (Å²) in [6.45, 7) is 4.00. The predicted octanol–water partition coefficient (Wildman–Crippen LogP) is 4.95. The lowest BCUT2D eigenvalue weighted by molar-refractivity contribution is -0.140. The molecule has 0 bridgehead atoms. The summed E-state index contributed by atoms with van der Waals surface area (Å²) in [6, 6.07) is 17.1. The molecule has 1 heterocycles. The van der Waals surface area contributed by atoms with Crippen LogP contribution >= 0.6 is 0 Å². The van der Waals surface area contributed by atoms with Gasteiger partial charge in [0.15, 0.2) is 11.5 Å². The normalized spacial score (nSPS) is 16.8. The average Bonchev–Trinajstić information content (AvgIpc) is 3.14. The summed E-state index contributed by atoms with van der Waals surface area (Å²) in [5.41, 5.74) is 3.85. The molecule has 1 N–H and O–H groups in total. The number of ketones is 1. The van der Waals surface area contributed by atoms with Crippen LogP contribution in [-0.4, -0.2) is 43.0 Å². The molecule has 1 atom stereocenters. The molecule has 0 aromatic heterocycles. The number of hydrogen-bond acceptors (Lipinski definition) is 6. The van der Waals surface area contributed by atoms with Crippen molar-refractivity contribution in [3.63, 3.8) is 0 Å². The van der Waals surface area contributed by atoms with Gasteiger partial charge in [0.2, 0.25) is 0 Å². The first-order valence-corrected chi connectivity index (χ1v) is 11.5. The number of amides is 1. The zero-order valence-corrected chi connectivity index (χ0v) is 21.0. The first-order chi connectivity index (χ1) is 17.3. The second kappa shape index (κ2) is 10.2. The Balaban J connectivity index is 1.92. The molecule has 0 radical (unpaired) electrons. The van der Waals surface area contributed by atoms with Gasteiger partial charge < -0.3 is 24.2 Å². The molecule has 0 aliphatic carbocycles. The Bertz CT molecular complexity index is 1360. The van der Waals surface area contributed by atoms with E-state index in [1.54, 1.807) is 37.4 Å². The molecular formula is C29H29NO6. The van der Waals surface area contributed by atoms with Crippen LogP contribution in [-0.2, 0) is 16.1 Å². The van der Waals surface area contributed by atoms with Gasteiger partial charge in [-0.3, -0.25) is 9.59 Å². The predicted molar refractivity (Wildman–Crippen MR) is 136 cm³/mol. The first-order valence-electron chi connectivity index (χ1n) is 11.5. The van der Waals surface area contributed by atoms with Gasteiger partial charge in [-0.2, -0.15) is 0 Å². The maximum atomic E-state index is 13.4. The molecule has 7 heteroatoms. The van der Waals surface area contributed by atoms with E-state index in [-0.39, 0.29) is 17.9 Å². The maximum Gasteiger partial charge on any atom is 0.295 e. The Labute approximate surface area is 210 Å². The topological polar surface area (TPSA) is 85.3 Å². The van der Waals surface area contributed by atoms with Gasteiger partial charge in [-0.25, -0.2) is 0 Å². The van der Waals surface area contributed by atoms with E-state index < -0.39 is 17.7 Å². The van der Waals surface area contributed by atoms with Gasteiger partial charge in [-0.15, -0.1) is 0 Å². The van der Waals surface area contributed by atoms with Crippen LogP contribution in [0.4, 0.5) is 0 Å². The number of carbonyl (C=O) groups is 2. The third-order valence-corrected chi connectivity index (χ3v) is 6.58. The summed E-state index contributed by atoms with van der Waals surface area (Å²) in [7, 11) is 4.60. The lowest BCUT2D eigenvalue weighted by Gasteiger charge is -2.26. The average molecular weight is 488 g/mol. The molecule has 1 fully saturated rings. The molecule has 1 amide bonds. The van der Waals surface area contributed by atoms with Crippen molar-refractivity contribution in [1.82, 2.24) is 4.90 Å². The van der Waals surface area contributed by atoms with E-state index >= 15 is 0 Å². The smallest absolute Gasteiger partial charge is 0.295 e. The van der Waals surface area contributed by atoms with Crippen LogP contribution in [0.2, 0.25) is 0 Å². The number of aryl methyl sites for hydroxylation is 2. The van der Waals surface area contributed by atoms with Crippen molar-refractivity contribution in [3.05, 3.63) is 94.1 Å². The standard InChI is InChI=1S/C29H29NO6/c1-17-10-11-20(14-18(17)2)27(31)25-26(19-12-13-23(35-4)24(15-19)36-5)30(29(33)28(25)32)16-21-8-6-7-9-22(21)34-3/h6-15,26,31H,16H2,1-5H3/b27-25-. The quantitative estimate of drug-likeness (QED) is 0.288. The van der Waals surface area contributed by atoms with Gasteiger partial charge in [0, 0.05) is 11.1 Å². The summed E-state index contributed by atoms with van der Waals surface area (Å²) in [5.74, 6) is -0.119. The van der Waals surface area contributed by atoms with E-state index in [1.807, 2.05) is 44.2 Å². The molecule has 36 heavy (non-hydrogen) atoms. The highest BCUT2D eigenvalue weighted by Gasteiger charge is 2.46. The number of hydrogen-bond donors (Lipinski definition) is 1. The molecule has 1 unspecified atom stereocenters. The fourth-order valence-electron chi connectivity index (χ4n) is 4.47. The molecule has 7 nitrogen and oxygen atoms in total. The van der Waals surface area contributed by atoms with Crippen molar-refractivity contribution in [2.75, 3.05) is 21.3 Å². The molecule has 186 valence electrons. The van der Waals surface area contributed by atoms with Crippen LogP contribution in [0.25, 0.3) is 5.76 Å². The molecule has 1 aliphatic rings. The number of methoxy groups -OCH3 is 3. The molecule has 0 spiro atoms. The molecule has 3 aromatic carbocycles. The number of ether oxygens (including phenoxy) is 3. The second-order valence-corrected chi connectivity index (χ2v) is 8.65. The van der Waals surface area contributed by atoms with Gasteiger partial charge in [-0.1, -0.05) is 36.4 Å². The summed E-state index contributed by atoms with van der Waals surface area (Å²) >= 11 is 0. The minimum atomic E-state index is -0.851. The number of nitrogens with zero attached hydrogens (tertiary/aromatic N) is 1. The highest BCUT2D eigenvalue weighted by molar-refractivity contribution is 6.46. The number of para-hydroxylation sites is 1. The van der Waals surface area contributed by atoms with E-state index in [4.69, 9.17) is 14.2 Å². The highest BCUT2D eigenvalue weighted by Crippen LogP contribution is 2.43. The van der Waals surface area contributed by atoms with Crippen LogP contribution in [0.3, 0.4) is 0 Å². The minimum absolute atomic E-state index is 0.0189. The molecule has 0 saturated carbocycles. The number of likely N-dealkylation sites (tertiary alicyclic amines) is 1. The van der Waals surface area contributed by atoms with Crippen molar-refractivity contribution >= 4 is 17.4 Å². The van der Waals surface area contributed by atoms with Crippen LogP contribution in [0, 0.1) is 13.8 Å². The van der Waals surface area contributed by atoms with Crippen molar-refractivity contribution in [2.45, 2.75) is 26.4 Å². The second-order valence-electron chi connectivity index (χ2n) is 8.65. The zero-order valence-electron chi connectivity index (χ0n) is 21.0. The first kappa shape index (κ1) is 24.9. The fourth-order valence-corrected chi connectivity index (χ4v) is 4.47. The molecular weight excluding hydrogens is 458 g/mol. The highest BCUT2D eigenvalue weighted by atomic mass is 16.5. The van der Waals surface area contributed by atoms with Crippen molar-refractivity contribution < 1.29 is 28.9 Å². The summed E-state index contributed by atoms with van der Waals surface area (Å²) in [4.78, 5) is 28.2. The van der Waals surface area contributed by atoms with Gasteiger partial charge in [0.05, 0.1) is 39.5 Å². The Morgan fingerprint density at radius 2 is 1.53 bits per heavy atom. The van der Waals surface area contributed by atoms with E-state index in [0.29, 0.717) is 28.4 Å². The van der Waals surface area contributed by atoms with E-state index in [2.05, 4.69) is 0 Å². The molecule has 1 saturated heterocycles. The number of aliphatic hydroxyl groups is 1. The third kappa shape index (κ3) is 4.40. The van der Waals surface area contributed by atoms with Crippen molar-refractivity contribution in [1.29, 1.82) is 0 Å². The molecule has 4 rings (SSSR count). The third-order valence-electron chi connectivity index (χ3n) is 6.58. The van der Waals surface area contributed by atoms with Gasteiger partial charge >= 0.3 is 0 Å². The van der Waals surface area contributed by atoms with Crippen molar-refractivity contribution in [2.24, 2.45) is 0 Å². The maximum absolute atomic E-state index is 13.4. The van der Waals surface area contributed by atoms with Gasteiger partial charge in [0.25, 0.3) is 11.7 Å². The molecule has 1 aliphatic heterocycles. The number of aliphatic hydroxyl groups excluding tert-OH is 1. The lowest BCUT2D eigenvalue weighted by Crippen LogP contribution is -2.29. The largest absolute Gasteiger partial charge is 0.507 e. The van der Waals surface area contributed by atoms with E-state index in [1.165, 1.54) is 19.1 Å². The zero-order chi connectivity index (χ0) is 26.0. The Morgan fingerprint density at radius 1 is 0.833 bits per heavy atom. The van der Waals surface area contributed by atoms with Gasteiger partial charge in [-0.05, 0) is 54.8 Å². The number of rotatable bonds is 7. The summed E-state index contributed by atoms with van der Waals surface area (Å²) in [5, 5.41) is 11.4. The van der Waals surface area contributed by atoms with Gasteiger partial charge in [0.1, 0.15) is 11.5 Å². The van der Waals surface area contributed by atoms with E-state index in [9.17, 15) is 14.7 Å². The SMILES string of the molecule is COc1ccccc1CN1C(=O)C(=O)/C(=C(\O)c2ccc(C)c(C)c2)C1c1ccc(OC)c(OC)c1. The summed E-state index contributed by atoms with van der Waals surface area (Å²) < 4.78 is 16.3. The number of Topliss-reactive ketones (excluding diaryl/α,β-unsaturated/α-hetero) is 1. The Kier molecular flexibility index (Phi) is 7.01. The minimum Gasteiger partial charge on any atom is -0.507 e. The number of carbonyl (C=O) groups excluding carboxylic acids is 2. The fraction of sp³-hybridized carbons (Fsp3) is 0.241. The van der Waals surface area contributed by atoms with E-state index in [0.717, 1.165) is 16.7 Å². The van der Waals surface area contributed by atoms with Crippen LogP contribution in [0.5, 0.6) is 17.2 Å². The Hall–Kier alpha value is -4.26.